The SMILES string of the molecule is CC.CC.CC(C)CCC(=O)C1=C(O)C(O)(C(=O)CCC(C)C)CC1=O.CCC(C)C. The van der Waals surface area contributed by atoms with Crippen LogP contribution in [0.2, 0.25) is 0 Å². The molecule has 1 aliphatic rings. The van der Waals surface area contributed by atoms with E-state index in [0.29, 0.717) is 12.8 Å². The maximum Gasteiger partial charge on any atom is 0.187 e. The number of aliphatic hydroxyl groups is 2. The van der Waals surface area contributed by atoms with Crippen molar-refractivity contribution in [1.82, 2.24) is 0 Å². The predicted molar refractivity (Wildman–Crippen MR) is 130 cm³/mol. The van der Waals surface area contributed by atoms with Crippen LogP contribution < -0.4 is 0 Å². The highest BCUT2D eigenvalue weighted by Crippen LogP contribution is 2.35. The van der Waals surface area contributed by atoms with Gasteiger partial charge in [0.2, 0.25) is 0 Å². The number of Topliss-reactive ketones (excluding diaryl/α,β-unsaturated/α-hetero) is 3. The molecular weight excluding hydrogens is 392 g/mol. The van der Waals surface area contributed by atoms with Gasteiger partial charge in [-0.2, -0.15) is 0 Å². The molecule has 0 bridgehead atoms. The molecule has 1 unspecified atom stereocenters. The molecule has 0 heterocycles. The van der Waals surface area contributed by atoms with E-state index >= 15 is 0 Å². The normalized spacial score (nSPS) is 17.6. The van der Waals surface area contributed by atoms with Crippen LogP contribution in [0.5, 0.6) is 0 Å². The fourth-order valence-electron chi connectivity index (χ4n) is 2.43. The molecule has 0 aromatic rings. The molecule has 0 saturated heterocycles. The standard InChI is InChI=1S/C17H26O5.C5H12.2C2H6/c1-10(2)5-7-12(18)15-13(19)9-17(22,16(15)21)14(20)8-6-11(3)4;1-4-5(2)3;2*1-2/h10-11,21-22H,5-9H2,1-4H3;5H,4H2,1-3H3;2*1-2H3. The molecular formula is C26H50O5. The van der Waals surface area contributed by atoms with E-state index < -0.39 is 35.1 Å². The molecule has 0 saturated carbocycles. The van der Waals surface area contributed by atoms with Crippen LogP contribution in [0.15, 0.2) is 11.3 Å². The molecule has 1 rings (SSSR count). The van der Waals surface area contributed by atoms with Crippen LogP contribution >= 0.6 is 0 Å². The van der Waals surface area contributed by atoms with Gasteiger partial charge in [0.1, 0.15) is 11.3 Å². The molecule has 5 nitrogen and oxygen atoms in total. The minimum atomic E-state index is -2.21. The molecule has 1 aliphatic carbocycles. The minimum absolute atomic E-state index is 0.0684. The highest BCUT2D eigenvalue weighted by molar-refractivity contribution is 6.24. The van der Waals surface area contributed by atoms with Crippen LogP contribution in [0.25, 0.3) is 0 Å². The summed E-state index contributed by atoms with van der Waals surface area (Å²) < 4.78 is 0. The molecule has 31 heavy (non-hydrogen) atoms. The van der Waals surface area contributed by atoms with Gasteiger partial charge in [0.05, 0.1) is 6.42 Å². The summed E-state index contributed by atoms with van der Waals surface area (Å²) in [6, 6.07) is 0. The number of rotatable bonds is 9. The average Bonchev–Trinajstić information content (AvgIpc) is 2.96. The van der Waals surface area contributed by atoms with Gasteiger partial charge in [-0.15, -0.1) is 0 Å². The summed E-state index contributed by atoms with van der Waals surface area (Å²) in [7, 11) is 0. The van der Waals surface area contributed by atoms with E-state index in [4.69, 9.17) is 0 Å². The van der Waals surface area contributed by atoms with Gasteiger partial charge in [0.25, 0.3) is 0 Å². The second-order valence-corrected chi connectivity index (χ2v) is 8.70. The summed E-state index contributed by atoms with van der Waals surface area (Å²) in [4.78, 5) is 36.2. The van der Waals surface area contributed by atoms with Crippen LogP contribution in [0.3, 0.4) is 0 Å². The van der Waals surface area contributed by atoms with Gasteiger partial charge in [0, 0.05) is 12.8 Å². The zero-order valence-corrected chi connectivity index (χ0v) is 22.1. The molecule has 5 heteroatoms. The van der Waals surface area contributed by atoms with Crippen molar-refractivity contribution in [3.63, 3.8) is 0 Å². The van der Waals surface area contributed by atoms with Crippen LogP contribution in [-0.4, -0.2) is 33.2 Å². The van der Waals surface area contributed by atoms with Crippen molar-refractivity contribution in [2.24, 2.45) is 17.8 Å². The summed E-state index contributed by atoms with van der Waals surface area (Å²) in [5, 5.41) is 20.5. The van der Waals surface area contributed by atoms with Gasteiger partial charge >= 0.3 is 0 Å². The molecule has 0 fully saturated rings. The van der Waals surface area contributed by atoms with Crippen LogP contribution in [0.4, 0.5) is 0 Å². The smallest absolute Gasteiger partial charge is 0.187 e. The fraction of sp³-hybridized carbons (Fsp3) is 0.808. The van der Waals surface area contributed by atoms with Gasteiger partial charge in [0.15, 0.2) is 23.0 Å². The zero-order valence-electron chi connectivity index (χ0n) is 22.1. The monoisotopic (exact) mass is 442 g/mol. The summed E-state index contributed by atoms with van der Waals surface area (Å²) in [5.41, 5.74) is -2.60. The van der Waals surface area contributed by atoms with Gasteiger partial charge in [-0.3, -0.25) is 14.4 Å². The van der Waals surface area contributed by atoms with E-state index in [0.717, 1.165) is 5.92 Å². The Morgan fingerprint density at radius 2 is 1.26 bits per heavy atom. The van der Waals surface area contributed by atoms with Gasteiger partial charge in [-0.25, -0.2) is 0 Å². The number of aliphatic hydroxyl groups excluding tert-OH is 1. The molecule has 184 valence electrons. The van der Waals surface area contributed by atoms with E-state index in [1.165, 1.54) is 6.42 Å². The van der Waals surface area contributed by atoms with E-state index in [9.17, 15) is 24.6 Å². The van der Waals surface area contributed by atoms with Crippen LogP contribution in [0, 0.1) is 17.8 Å². The number of allylic oxidation sites excluding steroid dienone is 1. The third-order valence-corrected chi connectivity index (χ3v) is 4.78. The number of carbonyl (C=O) groups is 3. The van der Waals surface area contributed by atoms with Crippen LogP contribution in [-0.2, 0) is 14.4 Å². The average molecular weight is 443 g/mol. The number of hydrogen-bond acceptors (Lipinski definition) is 5. The Balaban J connectivity index is -0.000000747. The Hall–Kier alpha value is -1.49. The maximum absolute atomic E-state index is 12.2. The fourth-order valence-corrected chi connectivity index (χ4v) is 2.43. The van der Waals surface area contributed by atoms with Crippen LogP contribution in [0.1, 0.15) is 115 Å². The second kappa shape index (κ2) is 18.1. The van der Waals surface area contributed by atoms with E-state index in [1.54, 1.807) is 0 Å². The first-order valence-electron chi connectivity index (χ1n) is 12.1. The summed E-state index contributed by atoms with van der Waals surface area (Å²) in [5.74, 6) is -1.05. The first-order chi connectivity index (χ1) is 14.4. The summed E-state index contributed by atoms with van der Waals surface area (Å²) in [6.45, 7) is 22.4. The molecule has 0 radical (unpaired) electrons. The van der Waals surface area contributed by atoms with Crippen molar-refractivity contribution in [2.45, 2.75) is 120 Å². The Morgan fingerprint density at radius 1 is 0.871 bits per heavy atom. The second-order valence-electron chi connectivity index (χ2n) is 8.70. The molecule has 0 aliphatic heterocycles. The first-order valence-corrected chi connectivity index (χ1v) is 12.1. The lowest BCUT2D eigenvalue weighted by Gasteiger charge is -2.20. The van der Waals surface area contributed by atoms with Crippen molar-refractivity contribution in [1.29, 1.82) is 0 Å². The highest BCUT2D eigenvalue weighted by Gasteiger charge is 2.51. The van der Waals surface area contributed by atoms with Crippen molar-refractivity contribution in [2.75, 3.05) is 0 Å². The predicted octanol–water partition coefficient (Wildman–Crippen LogP) is 6.62. The first kappa shape index (κ1) is 34.1. The van der Waals surface area contributed by atoms with E-state index in [-0.39, 0.29) is 30.3 Å². The van der Waals surface area contributed by atoms with Gasteiger partial charge in [-0.1, -0.05) is 82.6 Å². The van der Waals surface area contributed by atoms with Gasteiger partial charge in [-0.05, 0) is 30.6 Å². The van der Waals surface area contributed by atoms with E-state index in [1.807, 2.05) is 55.4 Å². The number of hydrogen-bond donors (Lipinski definition) is 2. The Kier molecular flexibility index (Phi) is 19.9. The Morgan fingerprint density at radius 3 is 1.61 bits per heavy atom. The Bertz CT molecular complexity index is 558. The lowest BCUT2D eigenvalue weighted by atomic mass is 9.91. The van der Waals surface area contributed by atoms with Crippen molar-refractivity contribution >= 4 is 17.3 Å². The molecule has 1 atom stereocenters. The van der Waals surface area contributed by atoms with Crippen molar-refractivity contribution < 1.29 is 24.6 Å². The summed E-state index contributed by atoms with van der Waals surface area (Å²) in [6.07, 6.45) is 2.11. The van der Waals surface area contributed by atoms with Crippen molar-refractivity contribution in [3.8, 4) is 0 Å². The molecule has 0 aromatic heterocycles. The lowest BCUT2D eigenvalue weighted by molar-refractivity contribution is -0.138. The minimum Gasteiger partial charge on any atom is -0.508 e. The molecule has 0 spiro atoms. The van der Waals surface area contributed by atoms with E-state index in [2.05, 4.69) is 20.8 Å². The number of ketones is 3. The topological polar surface area (TPSA) is 91.7 Å². The third-order valence-electron chi connectivity index (χ3n) is 4.78. The third kappa shape index (κ3) is 12.8. The number of carbonyl (C=O) groups excluding carboxylic acids is 3. The zero-order chi connectivity index (χ0) is 25.4. The quantitative estimate of drug-likeness (QED) is 0.392. The summed E-state index contributed by atoms with van der Waals surface area (Å²) >= 11 is 0. The molecule has 0 amide bonds. The molecule has 0 aromatic carbocycles. The Labute approximate surface area is 191 Å². The largest absolute Gasteiger partial charge is 0.508 e. The lowest BCUT2D eigenvalue weighted by Crippen LogP contribution is -2.39. The van der Waals surface area contributed by atoms with Gasteiger partial charge < -0.3 is 10.2 Å². The molecule has 2 N–H and O–H groups in total. The highest BCUT2D eigenvalue weighted by atomic mass is 16.3. The maximum atomic E-state index is 12.2. The van der Waals surface area contributed by atoms with Crippen molar-refractivity contribution in [3.05, 3.63) is 11.3 Å².